The summed E-state index contributed by atoms with van der Waals surface area (Å²) in [5.74, 6) is 0.819. The van der Waals surface area contributed by atoms with Gasteiger partial charge in [0.15, 0.2) is 6.61 Å². The molecule has 4 rings (SSSR count). The number of nitriles is 1. The lowest BCUT2D eigenvalue weighted by Gasteiger charge is -2.24. The highest BCUT2D eigenvalue weighted by molar-refractivity contribution is 8.00. The van der Waals surface area contributed by atoms with Gasteiger partial charge in [0, 0.05) is 12.1 Å². The standard InChI is InChI=1S/C26H22N4O3S/c27-14-15-33-23-12-6-19(7-13-23)16-28-29-25(32)21-8-10-22(11-9-21)26-30(24(31)18-34-26)17-20-4-2-1-3-5-20/h1-13,16,26H,15,17-18H2,(H,29,32). The van der Waals surface area contributed by atoms with Crippen molar-refractivity contribution in [2.45, 2.75) is 11.9 Å². The third-order valence-corrected chi connectivity index (χ3v) is 6.44. The summed E-state index contributed by atoms with van der Waals surface area (Å²) < 4.78 is 5.20. The Morgan fingerprint density at radius 2 is 1.85 bits per heavy atom. The second kappa shape index (κ2) is 11.2. The molecule has 0 bridgehead atoms. The number of hydrogen-bond acceptors (Lipinski definition) is 6. The molecule has 1 saturated heterocycles. The van der Waals surface area contributed by atoms with E-state index in [2.05, 4.69) is 10.5 Å². The number of carbonyl (C=O) groups is 2. The first-order valence-corrected chi connectivity index (χ1v) is 11.7. The monoisotopic (exact) mass is 470 g/mol. The average molecular weight is 471 g/mol. The van der Waals surface area contributed by atoms with Crippen LogP contribution in [0.3, 0.4) is 0 Å². The van der Waals surface area contributed by atoms with Crippen molar-refractivity contribution in [2.75, 3.05) is 12.4 Å². The van der Waals surface area contributed by atoms with Crippen molar-refractivity contribution >= 4 is 29.8 Å². The first kappa shape index (κ1) is 23.1. The van der Waals surface area contributed by atoms with Crippen molar-refractivity contribution in [1.29, 1.82) is 5.26 Å². The third-order valence-electron chi connectivity index (χ3n) is 5.19. The molecule has 0 spiro atoms. The van der Waals surface area contributed by atoms with Crippen molar-refractivity contribution in [3.63, 3.8) is 0 Å². The lowest BCUT2D eigenvalue weighted by Crippen LogP contribution is -2.27. The van der Waals surface area contributed by atoms with Gasteiger partial charge in [0.05, 0.1) is 12.0 Å². The van der Waals surface area contributed by atoms with Crippen LogP contribution in [0, 0.1) is 11.3 Å². The second-order valence-electron chi connectivity index (χ2n) is 7.51. The summed E-state index contributed by atoms with van der Waals surface area (Å²) in [5, 5.41) is 12.5. The van der Waals surface area contributed by atoms with Gasteiger partial charge >= 0.3 is 0 Å². The van der Waals surface area contributed by atoms with E-state index in [1.54, 1.807) is 48.2 Å². The van der Waals surface area contributed by atoms with E-state index in [-0.39, 0.29) is 23.8 Å². The van der Waals surface area contributed by atoms with Gasteiger partial charge < -0.3 is 9.64 Å². The maximum Gasteiger partial charge on any atom is 0.271 e. The van der Waals surface area contributed by atoms with E-state index in [1.165, 1.54) is 6.21 Å². The van der Waals surface area contributed by atoms with Crippen molar-refractivity contribution in [2.24, 2.45) is 5.10 Å². The van der Waals surface area contributed by atoms with E-state index in [9.17, 15) is 9.59 Å². The molecule has 170 valence electrons. The SMILES string of the molecule is N#CCOc1ccc(C=NNC(=O)c2ccc(C3SCC(=O)N3Cc3ccccc3)cc2)cc1. The van der Waals surface area contributed by atoms with Crippen LogP contribution < -0.4 is 10.2 Å². The van der Waals surface area contributed by atoms with E-state index < -0.39 is 0 Å². The number of hydrogen-bond donors (Lipinski definition) is 1. The molecule has 0 radical (unpaired) electrons. The number of rotatable bonds is 8. The fourth-order valence-corrected chi connectivity index (χ4v) is 4.66. The van der Waals surface area contributed by atoms with Crippen LogP contribution in [0.25, 0.3) is 0 Å². The number of hydrazone groups is 1. The summed E-state index contributed by atoms with van der Waals surface area (Å²) in [6.07, 6.45) is 1.53. The second-order valence-corrected chi connectivity index (χ2v) is 8.58. The number of nitrogens with one attached hydrogen (secondary N) is 1. The molecule has 3 aromatic carbocycles. The molecule has 2 amide bonds. The van der Waals surface area contributed by atoms with Gasteiger partial charge in [-0.05, 0) is 53.1 Å². The maximum absolute atomic E-state index is 12.5. The first-order chi connectivity index (χ1) is 16.6. The minimum absolute atomic E-state index is 0.0108. The number of carbonyl (C=O) groups excluding carboxylic acids is 2. The van der Waals surface area contributed by atoms with E-state index >= 15 is 0 Å². The van der Waals surface area contributed by atoms with Crippen LogP contribution in [0.5, 0.6) is 5.75 Å². The van der Waals surface area contributed by atoms with Gasteiger partial charge in [0.1, 0.15) is 17.2 Å². The molecule has 1 aliphatic heterocycles. The number of ether oxygens (including phenoxy) is 1. The van der Waals surface area contributed by atoms with Crippen LogP contribution in [0.15, 0.2) is 84.0 Å². The van der Waals surface area contributed by atoms with Gasteiger partial charge in [-0.25, -0.2) is 5.43 Å². The molecule has 1 heterocycles. The lowest BCUT2D eigenvalue weighted by molar-refractivity contribution is -0.128. The highest BCUT2D eigenvalue weighted by Crippen LogP contribution is 2.39. The number of thioether (sulfide) groups is 1. The van der Waals surface area contributed by atoms with E-state index in [1.807, 2.05) is 53.4 Å². The molecule has 1 fully saturated rings. The zero-order valence-electron chi connectivity index (χ0n) is 18.3. The Labute approximate surface area is 202 Å². The largest absolute Gasteiger partial charge is 0.479 e. The molecule has 0 aromatic heterocycles. The van der Waals surface area contributed by atoms with Crippen molar-refractivity contribution < 1.29 is 14.3 Å². The molecule has 0 aliphatic carbocycles. The van der Waals surface area contributed by atoms with Crippen LogP contribution in [-0.4, -0.2) is 35.3 Å². The van der Waals surface area contributed by atoms with Crippen molar-refractivity contribution in [3.8, 4) is 11.8 Å². The molecule has 7 nitrogen and oxygen atoms in total. The fourth-order valence-electron chi connectivity index (χ4n) is 3.48. The van der Waals surface area contributed by atoms with Crippen LogP contribution in [-0.2, 0) is 11.3 Å². The Bertz CT molecular complexity index is 1210. The first-order valence-electron chi connectivity index (χ1n) is 10.6. The normalized spacial score (nSPS) is 15.3. The maximum atomic E-state index is 12.5. The topological polar surface area (TPSA) is 94.8 Å². The van der Waals surface area contributed by atoms with Gasteiger partial charge in [-0.2, -0.15) is 10.4 Å². The number of nitrogens with zero attached hydrogens (tertiary/aromatic N) is 3. The molecule has 1 aliphatic rings. The summed E-state index contributed by atoms with van der Waals surface area (Å²) in [4.78, 5) is 26.8. The summed E-state index contributed by atoms with van der Waals surface area (Å²) in [6.45, 7) is 0.544. The molecule has 34 heavy (non-hydrogen) atoms. The molecular formula is C26H22N4O3S. The predicted molar refractivity (Wildman–Crippen MR) is 131 cm³/mol. The number of benzene rings is 3. The Hall–Kier alpha value is -4.09. The molecule has 1 N–H and O–H groups in total. The van der Waals surface area contributed by atoms with Crippen LogP contribution in [0.1, 0.15) is 32.4 Å². The highest BCUT2D eigenvalue weighted by Gasteiger charge is 2.32. The van der Waals surface area contributed by atoms with E-state index in [0.717, 1.165) is 16.7 Å². The minimum Gasteiger partial charge on any atom is -0.479 e. The van der Waals surface area contributed by atoms with Gasteiger partial charge in [0.2, 0.25) is 5.91 Å². The molecule has 0 saturated carbocycles. The van der Waals surface area contributed by atoms with Gasteiger partial charge in [0.25, 0.3) is 5.91 Å². The molecule has 3 aromatic rings. The lowest BCUT2D eigenvalue weighted by atomic mass is 10.1. The molecule has 1 unspecified atom stereocenters. The predicted octanol–water partition coefficient (Wildman–Crippen LogP) is 4.13. The van der Waals surface area contributed by atoms with Gasteiger partial charge in [-0.15, -0.1) is 11.8 Å². The molecular weight excluding hydrogens is 448 g/mol. The highest BCUT2D eigenvalue weighted by atomic mass is 32.2. The van der Waals surface area contributed by atoms with Gasteiger partial charge in [-0.1, -0.05) is 42.5 Å². The Kier molecular flexibility index (Phi) is 7.58. The molecule has 1 atom stereocenters. The smallest absolute Gasteiger partial charge is 0.271 e. The number of amides is 2. The zero-order chi connectivity index (χ0) is 23.8. The van der Waals surface area contributed by atoms with Crippen LogP contribution in [0.2, 0.25) is 0 Å². The Morgan fingerprint density at radius 1 is 1.12 bits per heavy atom. The van der Waals surface area contributed by atoms with Gasteiger partial charge in [-0.3, -0.25) is 9.59 Å². The quantitative estimate of drug-likeness (QED) is 0.395. The van der Waals surface area contributed by atoms with Crippen LogP contribution >= 0.6 is 11.8 Å². The van der Waals surface area contributed by atoms with Crippen molar-refractivity contribution in [3.05, 3.63) is 101 Å². The summed E-state index contributed by atoms with van der Waals surface area (Å²) in [6, 6.07) is 26.1. The summed E-state index contributed by atoms with van der Waals surface area (Å²) >= 11 is 1.59. The average Bonchev–Trinajstić information content (AvgIpc) is 3.24. The summed E-state index contributed by atoms with van der Waals surface area (Å²) in [7, 11) is 0. The van der Waals surface area contributed by atoms with E-state index in [4.69, 9.17) is 10.00 Å². The Balaban J connectivity index is 1.35. The van der Waals surface area contributed by atoms with Crippen molar-refractivity contribution in [1.82, 2.24) is 10.3 Å². The van der Waals surface area contributed by atoms with E-state index in [0.29, 0.717) is 23.6 Å². The molecule has 8 heteroatoms. The Morgan fingerprint density at radius 3 is 2.56 bits per heavy atom. The van der Waals surface area contributed by atoms with Crippen LogP contribution in [0.4, 0.5) is 0 Å². The summed E-state index contributed by atoms with van der Waals surface area (Å²) in [5.41, 5.74) is 5.84. The third kappa shape index (κ3) is 5.82. The fraction of sp³-hybridized carbons (Fsp3) is 0.154. The zero-order valence-corrected chi connectivity index (χ0v) is 19.1. The minimum atomic E-state index is -0.326.